The third-order valence-electron chi connectivity index (χ3n) is 3.55. The molecular weight excluding hydrogens is 264 g/mol. The third-order valence-corrected chi connectivity index (χ3v) is 3.55. The van der Waals surface area contributed by atoms with Gasteiger partial charge in [0.2, 0.25) is 0 Å². The van der Waals surface area contributed by atoms with Crippen molar-refractivity contribution in [3.8, 4) is 0 Å². The largest absolute Gasteiger partial charge is 0.444 e. The van der Waals surface area contributed by atoms with Crippen LogP contribution < -0.4 is 10.6 Å². The maximum absolute atomic E-state index is 11.8. The SMILES string of the molecule is CC(C)(C)OC(=O)Nc1ccc2c(c1)C[C@@H](C(C)(C)C)N2. The summed E-state index contributed by atoms with van der Waals surface area (Å²) in [4.78, 5) is 11.8. The van der Waals surface area contributed by atoms with Crippen molar-refractivity contribution in [2.75, 3.05) is 10.6 Å². The van der Waals surface area contributed by atoms with Crippen LogP contribution in [-0.4, -0.2) is 17.7 Å². The van der Waals surface area contributed by atoms with E-state index in [4.69, 9.17) is 4.74 Å². The predicted octanol–water partition coefficient (Wildman–Crippen LogP) is 4.42. The van der Waals surface area contributed by atoms with Gasteiger partial charge in [-0.25, -0.2) is 4.79 Å². The Hall–Kier alpha value is -1.71. The van der Waals surface area contributed by atoms with Gasteiger partial charge in [0.15, 0.2) is 0 Å². The molecule has 0 saturated carbocycles. The zero-order chi connectivity index (χ0) is 15.8. The Morgan fingerprint density at radius 1 is 1.24 bits per heavy atom. The highest BCUT2D eigenvalue weighted by Crippen LogP contribution is 2.35. The molecule has 0 bridgehead atoms. The topological polar surface area (TPSA) is 50.4 Å². The van der Waals surface area contributed by atoms with E-state index < -0.39 is 11.7 Å². The van der Waals surface area contributed by atoms with E-state index in [0.29, 0.717) is 6.04 Å². The van der Waals surface area contributed by atoms with E-state index in [2.05, 4.69) is 31.4 Å². The smallest absolute Gasteiger partial charge is 0.412 e. The van der Waals surface area contributed by atoms with E-state index in [-0.39, 0.29) is 5.41 Å². The summed E-state index contributed by atoms with van der Waals surface area (Å²) >= 11 is 0. The minimum Gasteiger partial charge on any atom is -0.444 e. The average Bonchev–Trinajstić information content (AvgIpc) is 2.68. The maximum atomic E-state index is 11.8. The second-order valence-corrected chi connectivity index (χ2v) is 7.77. The quantitative estimate of drug-likeness (QED) is 0.805. The van der Waals surface area contributed by atoms with E-state index in [1.165, 1.54) is 5.56 Å². The Kier molecular flexibility index (Phi) is 3.91. The number of nitrogens with one attached hydrogen (secondary N) is 2. The van der Waals surface area contributed by atoms with Gasteiger partial charge in [0.1, 0.15) is 5.60 Å². The van der Waals surface area contributed by atoms with Gasteiger partial charge in [0.25, 0.3) is 0 Å². The molecule has 1 aromatic rings. The number of benzene rings is 1. The summed E-state index contributed by atoms with van der Waals surface area (Å²) in [5, 5.41) is 6.34. The second kappa shape index (κ2) is 5.24. The molecule has 1 aliphatic rings. The molecule has 0 saturated heterocycles. The Labute approximate surface area is 127 Å². The van der Waals surface area contributed by atoms with Crippen molar-refractivity contribution in [1.82, 2.24) is 0 Å². The number of rotatable bonds is 1. The first kappa shape index (κ1) is 15.7. The molecule has 1 aliphatic heterocycles. The van der Waals surface area contributed by atoms with Crippen LogP contribution in [0.3, 0.4) is 0 Å². The van der Waals surface area contributed by atoms with E-state index >= 15 is 0 Å². The van der Waals surface area contributed by atoms with E-state index in [1.54, 1.807) is 0 Å². The molecule has 1 heterocycles. The summed E-state index contributed by atoms with van der Waals surface area (Å²) in [6, 6.07) is 6.37. The van der Waals surface area contributed by atoms with Gasteiger partial charge in [-0.15, -0.1) is 0 Å². The molecular formula is C17H26N2O2. The molecule has 4 heteroatoms. The van der Waals surface area contributed by atoms with Crippen LogP contribution in [0.25, 0.3) is 0 Å². The van der Waals surface area contributed by atoms with Crippen molar-refractivity contribution in [2.45, 2.75) is 59.6 Å². The van der Waals surface area contributed by atoms with Crippen LogP contribution in [-0.2, 0) is 11.2 Å². The van der Waals surface area contributed by atoms with Crippen molar-refractivity contribution >= 4 is 17.5 Å². The van der Waals surface area contributed by atoms with Gasteiger partial charge in [0.05, 0.1) is 0 Å². The monoisotopic (exact) mass is 290 g/mol. The molecule has 0 radical (unpaired) electrons. The minimum absolute atomic E-state index is 0.206. The molecule has 1 aromatic carbocycles. The molecule has 0 aromatic heterocycles. The van der Waals surface area contributed by atoms with Crippen LogP contribution in [0.15, 0.2) is 18.2 Å². The average molecular weight is 290 g/mol. The number of hydrogen-bond acceptors (Lipinski definition) is 3. The van der Waals surface area contributed by atoms with Gasteiger partial charge in [-0.3, -0.25) is 5.32 Å². The highest BCUT2D eigenvalue weighted by atomic mass is 16.6. The van der Waals surface area contributed by atoms with Crippen molar-refractivity contribution < 1.29 is 9.53 Å². The van der Waals surface area contributed by atoms with Gasteiger partial charge in [-0.05, 0) is 56.4 Å². The first-order valence-electron chi connectivity index (χ1n) is 7.44. The number of hydrogen-bond donors (Lipinski definition) is 2. The van der Waals surface area contributed by atoms with Gasteiger partial charge < -0.3 is 10.1 Å². The molecule has 4 nitrogen and oxygen atoms in total. The Bertz CT molecular complexity index is 539. The zero-order valence-corrected chi connectivity index (χ0v) is 13.8. The predicted molar refractivity (Wildman–Crippen MR) is 86.9 cm³/mol. The third kappa shape index (κ3) is 4.13. The lowest BCUT2D eigenvalue weighted by Gasteiger charge is -2.27. The molecule has 0 spiro atoms. The number of carbonyl (C=O) groups excluding carboxylic acids is 1. The standard InChI is InChI=1S/C17H26N2O2/c1-16(2,3)14-10-11-9-12(7-8-13(11)19-14)18-15(20)21-17(4,5)6/h7-9,14,19H,10H2,1-6H3,(H,18,20)/t14-/m0/s1. The maximum Gasteiger partial charge on any atom is 0.412 e. The van der Waals surface area contributed by atoms with Crippen LogP contribution in [0.5, 0.6) is 0 Å². The van der Waals surface area contributed by atoms with E-state index in [1.807, 2.05) is 39.0 Å². The van der Waals surface area contributed by atoms with Gasteiger partial charge in [-0.2, -0.15) is 0 Å². The second-order valence-electron chi connectivity index (χ2n) is 7.77. The van der Waals surface area contributed by atoms with Crippen LogP contribution in [0, 0.1) is 5.41 Å². The van der Waals surface area contributed by atoms with Crippen LogP contribution in [0.2, 0.25) is 0 Å². The minimum atomic E-state index is -0.486. The number of fused-ring (bicyclic) bond motifs is 1. The van der Waals surface area contributed by atoms with Gasteiger partial charge in [-0.1, -0.05) is 20.8 Å². The lowest BCUT2D eigenvalue weighted by atomic mass is 9.85. The van der Waals surface area contributed by atoms with Crippen molar-refractivity contribution in [2.24, 2.45) is 5.41 Å². The number of ether oxygens (including phenoxy) is 1. The van der Waals surface area contributed by atoms with Gasteiger partial charge in [0, 0.05) is 17.4 Å². The fourth-order valence-electron chi connectivity index (χ4n) is 2.38. The molecule has 2 rings (SSSR count). The summed E-state index contributed by atoms with van der Waals surface area (Å²) in [7, 11) is 0. The normalized spacial score (nSPS) is 17.9. The summed E-state index contributed by atoms with van der Waals surface area (Å²) in [6.45, 7) is 12.3. The number of carbonyl (C=O) groups is 1. The summed E-state index contributed by atoms with van der Waals surface area (Å²) < 4.78 is 5.27. The fraction of sp³-hybridized carbons (Fsp3) is 0.588. The molecule has 21 heavy (non-hydrogen) atoms. The van der Waals surface area contributed by atoms with Crippen LogP contribution in [0.4, 0.5) is 16.2 Å². The summed E-state index contributed by atoms with van der Waals surface area (Å²) in [5.41, 5.74) is 2.89. The molecule has 1 amide bonds. The lowest BCUT2D eigenvalue weighted by molar-refractivity contribution is 0.0636. The number of anilines is 2. The first-order chi connectivity index (χ1) is 9.54. The Morgan fingerprint density at radius 2 is 1.90 bits per heavy atom. The summed E-state index contributed by atoms with van der Waals surface area (Å²) in [6.07, 6.45) is 0.559. The van der Waals surface area contributed by atoms with Crippen molar-refractivity contribution in [1.29, 1.82) is 0 Å². The molecule has 116 valence electrons. The van der Waals surface area contributed by atoms with E-state index in [9.17, 15) is 4.79 Å². The highest BCUT2D eigenvalue weighted by molar-refractivity contribution is 5.85. The molecule has 0 aliphatic carbocycles. The molecule has 2 N–H and O–H groups in total. The fourth-order valence-corrected chi connectivity index (χ4v) is 2.38. The molecule has 1 atom stereocenters. The number of amides is 1. The molecule has 0 fully saturated rings. The lowest BCUT2D eigenvalue weighted by Crippen LogP contribution is -2.31. The zero-order valence-electron chi connectivity index (χ0n) is 13.8. The van der Waals surface area contributed by atoms with Crippen LogP contribution in [0.1, 0.15) is 47.1 Å². The summed E-state index contributed by atoms with van der Waals surface area (Å²) in [5.74, 6) is 0. The highest BCUT2D eigenvalue weighted by Gasteiger charge is 2.30. The van der Waals surface area contributed by atoms with E-state index in [0.717, 1.165) is 17.8 Å². The molecule has 0 unspecified atom stereocenters. The van der Waals surface area contributed by atoms with Crippen LogP contribution >= 0.6 is 0 Å². The van der Waals surface area contributed by atoms with Crippen molar-refractivity contribution in [3.05, 3.63) is 23.8 Å². The van der Waals surface area contributed by atoms with Crippen molar-refractivity contribution in [3.63, 3.8) is 0 Å². The van der Waals surface area contributed by atoms with Gasteiger partial charge >= 0.3 is 6.09 Å². The Morgan fingerprint density at radius 3 is 2.48 bits per heavy atom. The first-order valence-corrected chi connectivity index (χ1v) is 7.44. The Balaban J connectivity index is 2.06.